The summed E-state index contributed by atoms with van der Waals surface area (Å²) < 4.78 is 0. The number of rotatable bonds is 2. The minimum atomic E-state index is 0.731. The van der Waals surface area contributed by atoms with Gasteiger partial charge in [0, 0.05) is 32.2 Å². The second kappa shape index (κ2) is 5.48. The molecule has 94 valence electrons. The second-order valence-corrected chi connectivity index (χ2v) is 5.88. The molecule has 0 radical (unpaired) electrons. The first-order chi connectivity index (χ1) is 7.65. The molecule has 2 rings (SSSR count). The van der Waals surface area contributed by atoms with Gasteiger partial charge in [0.2, 0.25) is 0 Å². The Balaban J connectivity index is 1.73. The normalized spacial score (nSPS) is 38.8. The summed E-state index contributed by atoms with van der Waals surface area (Å²) in [5.74, 6) is 1.81. The molecule has 3 heteroatoms. The molecule has 0 aromatic rings. The van der Waals surface area contributed by atoms with E-state index < -0.39 is 0 Å². The zero-order valence-corrected chi connectivity index (χ0v) is 11.1. The van der Waals surface area contributed by atoms with Crippen LogP contribution in [0.2, 0.25) is 0 Å². The maximum Gasteiger partial charge on any atom is 0.0259 e. The molecular formula is C13H27N3. The van der Waals surface area contributed by atoms with E-state index in [9.17, 15) is 0 Å². The summed E-state index contributed by atoms with van der Waals surface area (Å²) in [6, 6.07) is 0.731. The fraction of sp³-hybridized carbons (Fsp3) is 1.00. The third-order valence-corrected chi connectivity index (χ3v) is 4.47. The molecule has 1 saturated heterocycles. The molecule has 0 spiro atoms. The summed E-state index contributed by atoms with van der Waals surface area (Å²) in [5.41, 5.74) is 3.74. The molecule has 1 N–H and O–H groups in total. The molecule has 2 fully saturated rings. The van der Waals surface area contributed by atoms with Crippen LogP contribution in [-0.2, 0) is 0 Å². The Hall–Kier alpha value is -0.120. The average molecular weight is 225 g/mol. The summed E-state index contributed by atoms with van der Waals surface area (Å²) in [6.45, 7) is 9.56. The van der Waals surface area contributed by atoms with Crippen LogP contribution < -0.4 is 5.43 Å². The second-order valence-electron chi connectivity index (χ2n) is 5.88. The Morgan fingerprint density at radius 1 is 0.938 bits per heavy atom. The lowest BCUT2D eigenvalue weighted by molar-refractivity contribution is 0.0656. The molecule has 0 aromatic carbocycles. The van der Waals surface area contributed by atoms with E-state index in [2.05, 4.69) is 36.2 Å². The van der Waals surface area contributed by atoms with Gasteiger partial charge in [0.25, 0.3) is 0 Å². The predicted octanol–water partition coefficient (Wildman–Crippen LogP) is 1.56. The van der Waals surface area contributed by atoms with Crippen molar-refractivity contribution < 1.29 is 0 Å². The van der Waals surface area contributed by atoms with Crippen LogP contribution in [0.1, 0.15) is 33.1 Å². The van der Waals surface area contributed by atoms with Crippen molar-refractivity contribution in [3.63, 3.8) is 0 Å². The molecule has 3 atom stereocenters. The third-order valence-electron chi connectivity index (χ3n) is 4.47. The lowest BCUT2D eigenvalue weighted by Gasteiger charge is -2.39. The minimum absolute atomic E-state index is 0.731. The van der Waals surface area contributed by atoms with Crippen LogP contribution >= 0.6 is 0 Å². The van der Waals surface area contributed by atoms with Gasteiger partial charge in [-0.25, -0.2) is 5.01 Å². The summed E-state index contributed by atoms with van der Waals surface area (Å²) in [7, 11) is 2.21. The van der Waals surface area contributed by atoms with Crippen LogP contribution in [0.3, 0.4) is 0 Å². The van der Waals surface area contributed by atoms with Gasteiger partial charge in [-0.05, 0) is 38.1 Å². The monoisotopic (exact) mass is 225 g/mol. The van der Waals surface area contributed by atoms with E-state index in [1.165, 1.54) is 45.4 Å². The fourth-order valence-electron chi connectivity index (χ4n) is 2.86. The highest BCUT2D eigenvalue weighted by atomic mass is 15.5. The van der Waals surface area contributed by atoms with Gasteiger partial charge >= 0.3 is 0 Å². The smallest absolute Gasteiger partial charge is 0.0259 e. The number of nitrogens with one attached hydrogen (secondary N) is 1. The van der Waals surface area contributed by atoms with E-state index in [0.29, 0.717) is 0 Å². The topological polar surface area (TPSA) is 18.5 Å². The Bertz CT molecular complexity index is 211. The molecule has 0 bridgehead atoms. The maximum absolute atomic E-state index is 3.74. The Morgan fingerprint density at radius 2 is 1.62 bits per heavy atom. The molecule has 0 aromatic heterocycles. The van der Waals surface area contributed by atoms with Gasteiger partial charge in [-0.15, -0.1) is 0 Å². The highest BCUT2D eigenvalue weighted by molar-refractivity contribution is 4.80. The van der Waals surface area contributed by atoms with Gasteiger partial charge in [0.15, 0.2) is 0 Å². The van der Waals surface area contributed by atoms with Gasteiger partial charge in [-0.3, -0.25) is 5.43 Å². The molecule has 16 heavy (non-hydrogen) atoms. The zero-order valence-electron chi connectivity index (χ0n) is 11.1. The van der Waals surface area contributed by atoms with Crippen molar-refractivity contribution in [2.24, 2.45) is 11.8 Å². The first-order valence-corrected chi connectivity index (χ1v) is 6.85. The average Bonchev–Trinajstić information content (AvgIpc) is 2.27. The molecule has 0 amide bonds. The maximum atomic E-state index is 3.74. The van der Waals surface area contributed by atoms with E-state index in [0.717, 1.165) is 17.9 Å². The number of likely N-dealkylation sites (N-methyl/N-ethyl adjacent to an activating group) is 1. The molecule has 1 aliphatic heterocycles. The number of piperazine rings is 1. The number of hydrogen-bond acceptors (Lipinski definition) is 3. The van der Waals surface area contributed by atoms with Gasteiger partial charge in [-0.2, -0.15) is 0 Å². The zero-order chi connectivity index (χ0) is 11.5. The van der Waals surface area contributed by atoms with Crippen LogP contribution in [0.15, 0.2) is 0 Å². The SMILES string of the molecule is CC1CCC(NN2CCN(C)CC2)CC1C. The van der Waals surface area contributed by atoms with E-state index in [1.807, 2.05) is 0 Å². The van der Waals surface area contributed by atoms with E-state index >= 15 is 0 Å². The Labute approximate surface area is 100 Å². The van der Waals surface area contributed by atoms with Gasteiger partial charge in [0.1, 0.15) is 0 Å². The molecule has 1 saturated carbocycles. The van der Waals surface area contributed by atoms with E-state index in [4.69, 9.17) is 0 Å². The molecule has 3 nitrogen and oxygen atoms in total. The quantitative estimate of drug-likeness (QED) is 0.769. The molecule has 2 aliphatic rings. The number of nitrogens with zero attached hydrogens (tertiary/aromatic N) is 2. The summed E-state index contributed by atoms with van der Waals surface area (Å²) >= 11 is 0. The Kier molecular flexibility index (Phi) is 4.22. The highest BCUT2D eigenvalue weighted by Gasteiger charge is 2.26. The number of hydrogen-bond donors (Lipinski definition) is 1. The van der Waals surface area contributed by atoms with Crippen molar-refractivity contribution in [3.05, 3.63) is 0 Å². The Morgan fingerprint density at radius 3 is 2.25 bits per heavy atom. The van der Waals surface area contributed by atoms with Gasteiger partial charge in [-0.1, -0.05) is 13.8 Å². The molecule has 3 unspecified atom stereocenters. The lowest BCUT2D eigenvalue weighted by atomic mass is 9.79. The van der Waals surface area contributed by atoms with Crippen molar-refractivity contribution >= 4 is 0 Å². The van der Waals surface area contributed by atoms with Crippen molar-refractivity contribution in [1.29, 1.82) is 0 Å². The van der Waals surface area contributed by atoms with Gasteiger partial charge in [0.05, 0.1) is 0 Å². The standard InChI is InChI=1S/C13H27N3/c1-11-4-5-13(10-12(11)2)14-16-8-6-15(3)7-9-16/h11-14H,4-10H2,1-3H3. The van der Waals surface area contributed by atoms with Crippen LogP contribution in [0, 0.1) is 11.8 Å². The van der Waals surface area contributed by atoms with Crippen LogP contribution in [-0.4, -0.2) is 49.2 Å². The largest absolute Gasteiger partial charge is 0.304 e. The molecule has 1 aliphatic carbocycles. The van der Waals surface area contributed by atoms with Crippen molar-refractivity contribution in [1.82, 2.24) is 15.3 Å². The lowest BCUT2D eigenvalue weighted by Crippen LogP contribution is -2.54. The predicted molar refractivity (Wildman–Crippen MR) is 68.2 cm³/mol. The molecular weight excluding hydrogens is 198 g/mol. The van der Waals surface area contributed by atoms with E-state index in [1.54, 1.807) is 0 Å². The van der Waals surface area contributed by atoms with Crippen LogP contribution in [0.25, 0.3) is 0 Å². The summed E-state index contributed by atoms with van der Waals surface area (Å²) in [5, 5.41) is 2.44. The molecule has 1 heterocycles. The highest BCUT2D eigenvalue weighted by Crippen LogP contribution is 2.29. The van der Waals surface area contributed by atoms with Crippen molar-refractivity contribution in [2.45, 2.75) is 39.2 Å². The van der Waals surface area contributed by atoms with Crippen LogP contribution in [0.5, 0.6) is 0 Å². The van der Waals surface area contributed by atoms with Gasteiger partial charge < -0.3 is 4.90 Å². The third kappa shape index (κ3) is 3.19. The number of hydrazine groups is 1. The first-order valence-electron chi connectivity index (χ1n) is 6.85. The summed E-state index contributed by atoms with van der Waals surface area (Å²) in [4.78, 5) is 2.41. The van der Waals surface area contributed by atoms with Crippen molar-refractivity contribution in [3.8, 4) is 0 Å². The fourth-order valence-corrected chi connectivity index (χ4v) is 2.86. The van der Waals surface area contributed by atoms with E-state index in [-0.39, 0.29) is 0 Å². The first kappa shape index (κ1) is 12.3. The van der Waals surface area contributed by atoms with Crippen LogP contribution in [0.4, 0.5) is 0 Å². The minimum Gasteiger partial charge on any atom is -0.304 e. The van der Waals surface area contributed by atoms with Crippen molar-refractivity contribution in [2.75, 3.05) is 33.2 Å². The summed E-state index contributed by atoms with van der Waals surface area (Å²) in [6.07, 6.45) is 4.11.